The number of nitrogens with zero attached hydrogens (tertiary/aromatic N) is 1. The molecular formula is C29H39N3O6. The second kappa shape index (κ2) is 13.6. The molecule has 0 fully saturated rings. The Kier molecular flexibility index (Phi) is 10.9. The number of carbonyl (C=O) groups is 3. The van der Waals surface area contributed by atoms with Gasteiger partial charge in [0, 0.05) is 11.7 Å². The van der Waals surface area contributed by atoms with Gasteiger partial charge in [-0.2, -0.15) is 0 Å². The number of nitrogens with one attached hydrogen (secondary N) is 2. The van der Waals surface area contributed by atoms with Crippen LogP contribution in [0.4, 0.5) is 10.5 Å². The fourth-order valence-electron chi connectivity index (χ4n) is 3.79. The smallest absolute Gasteiger partial charge is 0.408 e. The number of amides is 3. The van der Waals surface area contributed by atoms with E-state index in [1.54, 1.807) is 76.4 Å². The van der Waals surface area contributed by atoms with Crippen LogP contribution in [0.15, 0.2) is 55.1 Å². The minimum absolute atomic E-state index is 0.420. The maximum absolute atomic E-state index is 13.9. The van der Waals surface area contributed by atoms with Crippen molar-refractivity contribution in [3.05, 3.63) is 66.2 Å². The molecule has 0 bridgehead atoms. The van der Waals surface area contributed by atoms with Crippen molar-refractivity contribution in [3.63, 3.8) is 0 Å². The molecule has 3 atom stereocenters. The molecule has 0 saturated carbocycles. The summed E-state index contributed by atoms with van der Waals surface area (Å²) >= 11 is 0. The van der Waals surface area contributed by atoms with Gasteiger partial charge in [0.25, 0.3) is 5.91 Å². The van der Waals surface area contributed by atoms with Gasteiger partial charge in [-0.15, -0.1) is 0 Å². The van der Waals surface area contributed by atoms with E-state index in [0.717, 1.165) is 5.56 Å². The molecule has 0 radical (unpaired) electrons. The highest BCUT2D eigenvalue weighted by atomic mass is 16.6. The highest BCUT2D eigenvalue weighted by molar-refractivity contribution is 5.99. The predicted molar refractivity (Wildman–Crippen MR) is 148 cm³/mol. The highest BCUT2D eigenvalue weighted by Crippen LogP contribution is 2.29. The largest absolute Gasteiger partial charge is 0.497 e. The lowest BCUT2D eigenvalue weighted by Crippen LogP contribution is -2.56. The monoisotopic (exact) mass is 525 g/mol. The summed E-state index contributed by atoms with van der Waals surface area (Å²) in [6, 6.07) is 11.2. The highest BCUT2D eigenvalue weighted by Gasteiger charge is 2.38. The van der Waals surface area contributed by atoms with Gasteiger partial charge in [-0.1, -0.05) is 37.8 Å². The van der Waals surface area contributed by atoms with Crippen molar-refractivity contribution in [1.29, 1.82) is 0 Å². The molecule has 3 unspecified atom stereocenters. The van der Waals surface area contributed by atoms with Crippen molar-refractivity contribution in [3.8, 4) is 5.75 Å². The van der Waals surface area contributed by atoms with E-state index < -0.39 is 48.2 Å². The number of hydrogen-bond donors (Lipinski definition) is 3. The zero-order chi connectivity index (χ0) is 28.5. The van der Waals surface area contributed by atoms with Crippen molar-refractivity contribution in [2.75, 3.05) is 19.0 Å². The number of anilines is 1. The Morgan fingerprint density at radius 2 is 1.79 bits per heavy atom. The third-order valence-corrected chi connectivity index (χ3v) is 5.84. The van der Waals surface area contributed by atoms with E-state index in [1.165, 1.54) is 4.90 Å². The average molecular weight is 526 g/mol. The number of alkyl carbamates (subject to hydrolysis) is 1. The van der Waals surface area contributed by atoms with Gasteiger partial charge in [-0.05, 0) is 75.6 Å². The molecule has 38 heavy (non-hydrogen) atoms. The third-order valence-electron chi connectivity index (χ3n) is 5.84. The first-order valence-electron chi connectivity index (χ1n) is 12.5. The van der Waals surface area contributed by atoms with E-state index in [9.17, 15) is 19.5 Å². The SMILES string of the molecule is C=Cc1cccc(C(C(=O)Nc2ccc(OC)cc2)N(C(=O)C(CO)NC(=O)OC(C)(C)C)C(C)CC)c1. The van der Waals surface area contributed by atoms with Crippen molar-refractivity contribution < 1.29 is 29.0 Å². The molecule has 3 amide bonds. The van der Waals surface area contributed by atoms with Gasteiger partial charge in [-0.25, -0.2) is 4.79 Å². The molecule has 0 spiro atoms. The Morgan fingerprint density at radius 1 is 1.13 bits per heavy atom. The normalized spacial score (nSPS) is 13.4. The average Bonchev–Trinajstić information content (AvgIpc) is 2.88. The topological polar surface area (TPSA) is 117 Å². The maximum Gasteiger partial charge on any atom is 0.408 e. The zero-order valence-electron chi connectivity index (χ0n) is 23.0. The fraction of sp³-hybridized carbons (Fsp3) is 0.414. The van der Waals surface area contributed by atoms with E-state index in [-0.39, 0.29) is 0 Å². The summed E-state index contributed by atoms with van der Waals surface area (Å²) in [5, 5.41) is 15.4. The van der Waals surface area contributed by atoms with Crippen LogP contribution in [0.2, 0.25) is 0 Å². The summed E-state index contributed by atoms with van der Waals surface area (Å²) in [5.74, 6) is -0.445. The van der Waals surface area contributed by atoms with E-state index in [1.807, 2.05) is 19.9 Å². The van der Waals surface area contributed by atoms with Crippen molar-refractivity contribution in [1.82, 2.24) is 10.2 Å². The minimum atomic E-state index is -1.32. The number of methoxy groups -OCH3 is 1. The molecule has 0 heterocycles. The molecule has 0 aliphatic heterocycles. The summed E-state index contributed by atoms with van der Waals surface area (Å²) in [5.41, 5.74) is 1.04. The fourth-order valence-corrected chi connectivity index (χ4v) is 3.79. The van der Waals surface area contributed by atoms with Crippen LogP contribution in [0, 0.1) is 0 Å². The first kappa shape index (κ1) is 30.4. The van der Waals surface area contributed by atoms with Crippen molar-refractivity contribution in [2.45, 2.75) is 64.8 Å². The lowest BCUT2D eigenvalue weighted by Gasteiger charge is -2.38. The van der Waals surface area contributed by atoms with Crippen LogP contribution in [0.3, 0.4) is 0 Å². The Labute approximate surface area is 224 Å². The van der Waals surface area contributed by atoms with Gasteiger partial charge in [0.05, 0.1) is 13.7 Å². The second-order valence-electron chi connectivity index (χ2n) is 9.88. The maximum atomic E-state index is 13.9. The van der Waals surface area contributed by atoms with Crippen LogP contribution in [0.25, 0.3) is 6.08 Å². The van der Waals surface area contributed by atoms with Crippen LogP contribution in [-0.2, 0) is 14.3 Å². The first-order valence-corrected chi connectivity index (χ1v) is 12.5. The standard InChI is InChI=1S/C29H39N3O6/c1-8-19(3)32(27(35)24(18-33)31-28(36)38-29(4,5)6)25(21-12-10-11-20(9-2)17-21)26(34)30-22-13-15-23(37-7)16-14-22/h9-17,19,24-25,33H,2,8,18H2,1,3-7H3,(H,30,34)(H,31,36). The summed E-state index contributed by atoms with van der Waals surface area (Å²) in [6.07, 6.45) is 1.32. The predicted octanol–water partition coefficient (Wildman–Crippen LogP) is 4.53. The van der Waals surface area contributed by atoms with Gasteiger partial charge in [0.2, 0.25) is 5.91 Å². The summed E-state index contributed by atoms with van der Waals surface area (Å²) < 4.78 is 10.5. The number of benzene rings is 2. The molecule has 3 N–H and O–H groups in total. The van der Waals surface area contributed by atoms with Gasteiger partial charge in [0.1, 0.15) is 23.4 Å². The molecular weight excluding hydrogens is 486 g/mol. The number of ether oxygens (including phenoxy) is 2. The Balaban J connectivity index is 2.52. The van der Waals surface area contributed by atoms with Crippen LogP contribution < -0.4 is 15.4 Å². The quantitative estimate of drug-likeness (QED) is 0.397. The Morgan fingerprint density at radius 3 is 2.32 bits per heavy atom. The number of aliphatic hydroxyl groups is 1. The van der Waals surface area contributed by atoms with Gasteiger partial charge >= 0.3 is 6.09 Å². The summed E-state index contributed by atoms with van der Waals surface area (Å²) in [6.45, 7) is 11.9. The van der Waals surface area contributed by atoms with E-state index in [0.29, 0.717) is 23.4 Å². The van der Waals surface area contributed by atoms with Crippen LogP contribution in [-0.4, -0.2) is 59.3 Å². The van der Waals surface area contributed by atoms with E-state index in [2.05, 4.69) is 17.2 Å². The summed E-state index contributed by atoms with van der Waals surface area (Å²) in [7, 11) is 1.55. The lowest BCUT2D eigenvalue weighted by atomic mass is 9.98. The molecule has 206 valence electrons. The molecule has 2 aromatic rings. The van der Waals surface area contributed by atoms with Gasteiger partial charge in [-0.3, -0.25) is 9.59 Å². The van der Waals surface area contributed by atoms with E-state index in [4.69, 9.17) is 9.47 Å². The Bertz CT molecular complexity index is 1110. The van der Waals surface area contributed by atoms with Crippen molar-refractivity contribution in [2.24, 2.45) is 0 Å². The van der Waals surface area contributed by atoms with Gasteiger partial charge in [0.15, 0.2) is 0 Å². The number of carbonyl (C=O) groups excluding carboxylic acids is 3. The lowest BCUT2D eigenvalue weighted by molar-refractivity contribution is -0.144. The number of rotatable bonds is 11. The molecule has 2 aromatic carbocycles. The molecule has 9 heteroatoms. The van der Waals surface area contributed by atoms with Crippen LogP contribution in [0.5, 0.6) is 5.75 Å². The molecule has 9 nitrogen and oxygen atoms in total. The zero-order valence-corrected chi connectivity index (χ0v) is 23.0. The second-order valence-corrected chi connectivity index (χ2v) is 9.88. The molecule has 2 rings (SSSR count). The Hall–Kier alpha value is -3.85. The number of hydrogen-bond acceptors (Lipinski definition) is 6. The first-order chi connectivity index (χ1) is 17.9. The molecule has 0 aliphatic carbocycles. The minimum Gasteiger partial charge on any atom is -0.497 e. The summed E-state index contributed by atoms with van der Waals surface area (Å²) in [4.78, 5) is 41.5. The molecule has 0 saturated heterocycles. The van der Waals surface area contributed by atoms with Gasteiger partial charge < -0.3 is 30.1 Å². The number of aliphatic hydroxyl groups excluding tert-OH is 1. The van der Waals surface area contributed by atoms with Crippen LogP contribution >= 0.6 is 0 Å². The third kappa shape index (κ3) is 8.34. The molecule has 0 aliphatic rings. The van der Waals surface area contributed by atoms with E-state index >= 15 is 0 Å². The van der Waals surface area contributed by atoms with Crippen LogP contribution in [0.1, 0.15) is 58.2 Å². The molecule has 0 aromatic heterocycles. The van der Waals surface area contributed by atoms with Crippen molar-refractivity contribution >= 4 is 29.7 Å².